The van der Waals surface area contributed by atoms with Gasteiger partial charge in [0.25, 0.3) is 0 Å². The number of halogens is 1. The Kier molecular flexibility index (Phi) is 5.56. The van der Waals surface area contributed by atoms with Crippen LogP contribution in [0, 0.1) is 5.82 Å². The number of ether oxygens (including phenoxy) is 1. The normalized spacial score (nSPS) is 22.6. The van der Waals surface area contributed by atoms with Crippen LogP contribution in [0.1, 0.15) is 25.3 Å². The Morgan fingerprint density at radius 1 is 1.48 bits per heavy atom. The second-order valence-corrected chi connectivity index (χ2v) is 5.96. The third-order valence-corrected chi connectivity index (χ3v) is 3.86. The summed E-state index contributed by atoms with van der Waals surface area (Å²) in [7, 11) is 1.66. The molecule has 0 aliphatic carbocycles. The van der Waals surface area contributed by atoms with E-state index in [1.807, 2.05) is 13.0 Å². The van der Waals surface area contributed by atoms with E-state index < -0.39 is 5.60 Å². The van der Waals surface area contributed by atoms with Gasteiger partial charge in [0.15, 0.2) is 0 Å². The Bertz CT molecular complexity index is 466. The van der Waals surface area contributed by atoms with E-state index in [2.05, 4.69) is 10.2 Å². The van der Waals surface area contributed by atoms with E-state index in [1.54, 1.807) is 13.2 Å². The molecule has 21 heavy (non-hydrogen) atoms. The lowest BCUT2D eigenvalue weighted by Gasteiger charge is -2.39. The minimum atomic E-state index is -0.673. The number of anilines is 1. The van der Waals surface area contributed by atoms with Gasteiger partial charge in [-0.2, -0.15) is 0 Å². The molecule has 0 aromatic heterocycles. The first kappa shape index (κ1) is 16.2. The van der Waals surface area contributed by atoms with E-state index in [0.717, 1.165) is 37.2 Å². The zero-order valence-corrected chi connectivity index (χ0v) is 12.9. The molecule has 1 aliphatic rings. The first-order valence-corrected chi connectivity index (χ1v) is 7.47. The number of hydrogen-bond acceptors (Lipinski definition) is 4. The fraction of sp³-hybridized carbons (Fsp3) is 0.625. The highest BCUT2D eigenvalue weighted by Crippen LogP contribution is 2.28. The zero-order valence-electron chi connectivity index (χ0n) is 12.9. The van der Waals surface area contributed by atoms with E-state index in [1.165, 1.54) is 6.07 Å². The lowest BCUT2D eigenvalue weighted by Crippen LogP contribution is -2.46. The highest BCUT2D eigenvalue weighted by molar-refractivity contribution is 5.54. The van der Waals surface area contributed by atoms with Crippen LogP contribution >= 0.6 is 0 Å². The van der Waals surface area contributed by atoms with Crippen LogP contribution in [0.3, 0.4) is 0 Å². The highest BCUT2D eigenvalue weighted by Gasteiger charge is 2.29. The Morgan fingerprint density at radius 2 is 2.29 bits per heavy atom. The summed E-state index contributed by atoms with van der Waals surface area (Å²) in [6, 6.07) is 4.86. The van der Waals surface area contributed by atoms with E-state index in [-0.39, 0.29) is 5.82 Å². The predicted molar refractivity (Wildman–Crippen MR) is 82.1 cm³/mol. The van der Waals surface area contributed by atoms with Crippen molar-refractivity contribution in [1.29, 1.82) is 0 Å². The topological polar surface area (TPSA) is 44.7 Å². The molecule has 1 aromatic rings. The van der Waals surface area contributed by atoms with Crippen molar-refractivity contribution < 1.29 is 14.2 Å². The Morgan fingerprint density at radius 3 is 3.00 bits per heavy atom. The molecule has 0 amide bonds. The summed E-state index contributed by atoms with van der Waals surface area (Å²) in [5.74, 6) is -0.230. The molecule has 2 N–H and O–H groups in total. The summed E-state index contributed by atoms with van der Waals surface area (Å²) in [5.41, 5.74) is 1.25. The van der Waals surface area contributed by atoms with Crippen molar-refractivity contribution in [3.63, 3.8) is 0 Å². The van der Waals surface area contributed by atoms with Crippen molar-refractivity contribution in [2.75, 3.05) is 38.3 Å². The smallest absolute Gasteiger partial charge is 0.123 e. The predicted octanol–water partition coefficient (Wildman–Crippen LogP) is 1.91. The molecule has 1 fully saturated rings. The van der Waals surface area contributed by atoms with E-state index in [0.29, 0.717) is 19.7 Å². The largest absolute Gasteiger partial charge is 0.388 e. The van der Waals surface area contributed by atoms with Gasteiger partial charge >= 0.3 is 0 Å². The third-order valence-electron chi connectivity index (χ3n) is 3.86. The quantitative estimate of drug-likeness (QED) is 0.787. The van der Waals surface area contributed by atoms with Crippen molar-refractivity contribution in [3.8, 4) is 0 Å². The highest BCUT2D eigenvalue weighted by atomic mass is 19.1. The molecule has 2 rings (SSSR count). The fourth-order valence-corrected chi connectivity index (χ4v) is 2.83. The lowest BCUT2D eigenvalue weighted by atomic mass is 9.94. The molecule has 1 aliphatic heterocycles. The molecule has 1 unspecified atom stereocenters. The van der Waals surface area contributed by atoms with Crippen LogP contribution in [0.25, 0.3) is 0 Å². The first-order chi connectivity index (χ1) is 10.0. The Balaban J connectivity index is 2.10. The van der Waals surface area contributed by atoms with Gasteiger partial charge in [0.1, 0.15) is 5.82 Å². The van der Waals surface area contributed by atoms with Gasteiger partial charge in [0.2, 0.25) is 0 Å². The van der Waals surface area contributed by atoms with Crippen molar-refractivity contribution in [2.24, 2.45) is 0 Å². The molecule has 1 saturated heterocycles. The lowest BCUT2D eigenvalue weighted by molar-refractivity contribution is 0.0449. The van der Waals surface area contributed by atoms with E-state index in [9.17, 15) is 9.50 Å². The van der Waals surface area contributed by atoms with Crippen LogP contribution in [0.4, 0.5) is 10.1 Å². The van der Waals surface area contributed by atoms with Crippen molar-refractivity contribution in [2.45, 2.75) is 31.9 Å². The van der Waals surface area contributed by atoms with Crippen LogP contribution in [0.15, 0.2) is 18.2 Å². The number of hydrogen-bond donors (Lipinski definition) is 2. The van der Waals surface area contributed by atoms with E-state index in [4.69, 9.17) is 4.74 Å². The molecule has 4 nitrogen and oxygen atoms in total. The average molecular weight is 296 g/mol. The Hall–Kier alpha value is -1.17. The van der Waals surface area contributed by atoms with Gasteiger partial charge < -0.3 is 20.1 Å². The molecule has 0 bridgehead atoms. The maximum atomic E-state index is 13.5. The number of benzene rings is 1. The van der Waals surface area contributed by atoms with Crippen molar-refractivity contribution in [3.05, 3.63) is 29.6 Å². The number of rotatable bonds is 6. The maximum Gasteiger partial charge on any atom is 0.123 e. The molecule has 1 aromatic carbocycles. The standard InChI is InChI=1S/C16H25FN2O2/c1-16(20)6-3-8-19(12-16)15-5-4-14(17)10-13(15)11-18-7-9-21-2/h4-5,10,18,20H,3,6-9,11-12H2,1-2H3. The van der Waals surface area contributed by atoms with Gasteiger partial charge in [-0.3, -0.25) is 0 Å². The minimum absolute atomic E-state index is 0.230. The van der Waals surface area contributed by atoms with Gasteiger partial charge in [-0.05, 0) is 43.5 Å². The van der Waals surface area contributed by atoms with Gasteiger partial charge in [-0.15, -0.1) is 0 Å². The number of piperidine rings is 1. The molecule has 5 heteroatoms. The van der Waals surface area contributed by atoms with Crippen LogP contribution in [-0.2, 0) is 11.3 Å². The minimum Gasteiger partial charge on any atom is -0.388 e. The molecule has 1 atom stereocenters. The van der Waals surface area contributed by atoms with Gasteiger partial charge in [0.05, 0.1) is 12.2 Å². The zero-order chi connectivity index (χ0) is 15.3. The number of aliphatic hydroxyl groups is 1. The second-order valence-electron chi connectivity index (χ2n) is 5.96. The van der Waals surface area contributed by atoms with Crippen LogP contribution in [0.2, 0.25) is 0 Å². The van der Waals surface area contributed by atoms with E-state index >= 15 is 0 Å². The van der Waals surface area contributed by atoms with Crippen LogP contribution in [0.5, 0.6) is 0 Å². The summed E-state index contributed by atoms with van der Waals surface area (Å²) in [6.45, 7) is 5.29. The summed E-state index contributed by atoms with van der Waals surface area (Å²) in [4.78, 5) is 2.15. The van der Waals surface area contributed by atoms with Crippen LogP contribution < -0.4 is 10.2 Å². The Labute approximate surface area is 125 Å². The van der Waals surface area contributed by atoms with Gasteiger partial charge in [0, 0.05) is 39.0 Å². The molecular formula is C16H25FN2O2. The maximum absolute atomic E-state index is 13.5. The van der Waals surface area contributed by atoms with Gasteiger partial charge in [-0.1, -0.05) is 0 Å². The fourth-order valence-electron chi connectivity index (χ4n) is 2.83. The molecule has 0 spiro atoms. The average Bonchev–Trinajstić information content (AvgIpc) is 2.42. The SMILES string of the molecule is COCCNCc1cc(F)ccc1N1CCCC(C)(O)C1. The molecule has 0 saturated carbocycles. The molecule has 118 valence electrons. The van der Waals surface area contributed by atoms with Crippen molar-refractivity contribution >= 4 is 5.69 Å². The first-order valence-electron chi connectivity index (χ1n) is 7.47. The third kappa shape index (κ3) is 4.66. The number of methoxy groups -OCH3 is 1. The monoisotopic (exact) mass is 296 g/mol. The molecular weight excluding hydrogens is 271 g/mol. The number of nitrogens with one attached hydrogen (secondary N) is 1. The number of nitrogens with zero attached hydrogens (tertiary/aromatic N) is 1. The van der Waals surface area contributed by atoms with Crippen LogP contribution in [-0.4, -0.2) is 44.1 Å². The summed E-state index contributed by atoms with van der Waals surface area (Å²) in [6.07, 6.45) is 1.76. The van der Waals surface area contributed by atoms with Gasteiger partial charge in [-0.25, -0.2) is 4.39 Å². The number of β-amino-alcohol motifs (C(OH)–C–C–N with tert-alkyl or cyclic N) is 1. The second kappa shape index (κ2) is 7.20. The molecule has 0 radical (unpaired) electrons. The summed E-state index contributed by atoms with van der Waals surface area (Å²) in [5, 5.41) is 13.5. The summed E-state index contributed by atoms with van der Waals surface area (Å²) >= 11 is 0. The summed E-state index contributed by atoms with van der Waals surface area (Å²) < 4.78 is 18.5. The molecule has 1 heterocycles. The van der Waals surface area contributed by atoms with Crippen molar-refractivity contribution in [1.82, 2.24) is 5.32 Å².